The summed E-state index contributed by atoms with van der Waals surface area (Å²) in [6.45, 7) is 3.64. The molecule has 1 heterocycles. The second kappa shape index (κ2) is 6.00. The van der Waals surface area contributed by atoms with Crippen LogP contribution in [0.25, 0.3) is 0 Å². The monoisotopic (exact) mass is 251 g/mol. The molecule has 2 N–H and O–H groups in total. The van der Waals surface area contributed by atoms with Crippen LogP contribution in [0.4, 0.5) is 0 Å². The largest absolute Gasteiger partial charge is 0.328 e. The van der Waals surface area contributed by atoms with E-state index in [1.54, 1.807) is 6.20 Å². The van der Waals surface area contributed by atoms with Crippen LogP contribution in [0.1, 0.15) is 32.6 Å². The summed E-state index contributed by atoms with van der Waals surface area (Å²) in [6.07, 6.45) is 6.68. The van der Waals surface area contributed by atoms with Crippen LogP contribution in [-0.2, 0) is 6.54 Å². The summed E-state index contributed by atoms with van der Waals surface area (Å²) < 4.78 is 1.53. The molecule has 18 heavy (non-hydrogen) atoms. The molecule has 0 aliphatic heterocycles. The molecule has 1 aliphatic carbocycles. The molecule has 100 valence electrons. The van der Waals surface area contributed by atoms with Gasteiger partial charge in [0.2, 0.25) is 0 Å². The summed E-state index contributed by atoms with van der Waals surface area (Å²) in [5, 5.41) is 3.51. The van der Waals surface area contributed by atoms with E-state index in [4.69, 9.17) is 0 Å². The van der Waals surface area contributed by atoms with E-state index in [1.807, 2.05) is 0 Å². The summed E-state index contributed by atoms with van der Waals surface area (Å²) in [4.78, 5) is 24.6. The predicted octanol–water partition coefficient (Wildman–Crippen LogP) is 0.705. The molecule has 0 radical (unpaired) electrons. The van der Waals surface area contributed by atoms with Gasteiger partial charge in [-0.15, -0.1) is 0 Å². The minimum absolute atomic E-state index is 0.332. The lowest BCUT2D eigenvalue weighted by molar-refractivity contribution is 0.278. The third kappa shape index (κ3) is 3.32. The molecule has 2 unspecified atom stereocenters. The van der Waals surface area contributed by atoms with Crippen LogP contribution in [0, 0.1) is 5.92 Å². The maximum atomic E-state index is 11.5. The van der Waals surface area contributed by atoms with Gasteiger partial charge in [-0.3, -0.25) is 14.3 Å². The topological polar surface area (TPSA) is 66.9 Å². The molecule has 0 spiro atoms. The van der Waals surface area contributed by atoms with Crippen molar-refractivity contribution in [1.29, 1.82) is 0 Å². The van der Waals surface area contributed by atoms with Crippen molar-refractivity contribution in [3.63, 3.8) is 0 Å². The standard InChI is InChI=1S/C13H21N3O2/c1-10-4-2-3-5-11(10)14-7-9-16-8-6-12(17)15-13(16)18/h6,8,10-11,14H,2-5,7,9H2,1H3,(H,15,17,18). The minimum Gasteiger partial charge on any atom is -0.312 e. The van der Waals surface area contributed by atoms with Gasteiger partial charge < -0.3 is 5.32 Å². The Hall–Kier alpha value is -1.36. The number of H-pyrrole nitrogens is 1. The fourth-order valence-electron chi connectivity index (χ4n) is 2.61. The van der Waals surface area contributed by atoms with Crippen LogP contribution in [-0.4, -0.2) is 22.1 Å². The molecule has 2 atom stereocenters. The molecule has 1 aromatic heterocycles. The van der Waals surface area contributed by atoms with Crippen molar-refractivity contribution in [2.45, 2.75) is 45.2 Å². The Balaban J connectivity index is 1.84. The van der Waals surface area contributed by atoms with Gasteiger partial charge in [0.25, 0.3) is 5.56 Å². The summed E-state index contributed by atoms with van der Waals surface area (Å²) in [5.41, 5.74) is -0.675. The first-order valence-corrected chi connectivity index (χ1v) is 6.70. The fraction of sp³-hybridized carbons (Fsp3) is 0.692. The molecular formula is C13H21N3O2. The van der Waals surface area contributed by atoms with Crippen molar-refractivity contribution in [2.24, 2.45) is 5.92 Å². The molecule has 0 aromatic carbocycles. The minimum atomic E-state index is -0.342. The zero-order chi connectivity index (χ0) is 13.0. The quantitative estimate of drug-likeness (QED) is 0.828. The van der Waals surface area contributed by atoms with E-state index in [1.165, 1.54) is 36.3 Å². The molecular weight excluding hydrogens is 230 g/mol. The molecule has 0 bridgehead atoms. The second-order valence-electron chi connectivity index (χ2n) is 5.13. The van der Waals surface area contributed by atoms with E-state index in [0.29, 0.717) is 18.5 Å². The number of aromatic amines is 1. The average molecular weight is 251 g/mol. The fourth-order valence-corrected chi connectivity index (χ4v) is 2.61. The first kappa shape index (κ1) is 13.1. The molecule has 1 aliphatic rings. The Labute approximate surface area is 106 Å². The normalized spacial score (nSPS) is 24.1. The van der Waals surface area contributed by atoms with Gasteiger partial charge in [0.1, 0.15) is 0 Å². The van der Waals surface area contributed by atoms with Gasteiger partial charge in [0.15, 0.2) is 0 Å². The maximum absolute atomic E-state index is 11.5. The number of hydrogen-bond acceptors (Lipinski definition) is 3. The third-order valence-corrected chi connectivity index (χ3v) is 3.77. The Kier molecular flexibility index (Phi) is 4.36. The summed E-state index contributed by atoms with van der Waals surface area (Å²) in [7, 11) is 0. The zero-order valence-corrected chi connectivity index (χ0v) is 10.8. The third-order valence-electron chi connectivity index (χ3n) is 3.77. The van der Waals surface area contributed by atoms with Crippen molar-refractivity contribution in [1.82, 2.24) is 14.9 Å². The van der Waals surface area contributed by atoms with E-state index >= 15 is 0 Å². The summed E-state index contributed by atoms with van der Waals surface area (Å²) in [6, 6.07) is 1.95. The van der Waals surface area contributed by atoms with Crippen molar-refractivity contribution in [3.05, 3.63) is 33.1 Å². The Morgan fingerprint density at radius 2 is 2.17 bits per heavy atom. The molecule has 2 rings (SSSR count). The van der Waals surface area contributed by atoms with Crippen molar-refractivity contribution in [2.75, 3.05) is 6.54 Å². The number of nitrogens with zero attached hydrogens (tertiary/aromatic N) is 1. The Bertz CT molecular complexity index is 491. The smallest absolute Gasteiger partial charge is 0.312 e. The molecule has 1 aromatic rings. The second-order valence-corrected chi connectivity index (χ2v) is 5.13. The maximum Gasteiger partial charge on any atom is 0.328 e. The lowest BCUT2D eigenvalue weighted by Gasteiger charge is -2.29. The van der Waals surface area contributed by atoms with Crippen LogP contribution in [0.3, 0.4) is 0 Å². The van der Waals surface area contributed by atoms with Gasteiger partial charge >= 0.3 is 5.69 Å². The van der Waals surface area contributed by atoms with E-state index in [-0.39, 0.29) is 11.2 Å². The predicted molar refractivity (Wildman–Crippen MR) is 70.7 cm³/mol. The van der Waals surface area contributed by atoms with Gasteiger partial charge in [-0.2, -0.15) is 0 Å². The van der Waals surface area contributed by atoms with Crippen molar-refractivity contribution >= 4 is 0 Å². The summed E-state index contributed by atoms with van der Waals surface area (Å²) >= 11 is 0. The average Bonchev–Trinajstić information content (AvgIpc) is 2.34. The Morgan fingerprint density at radius 1 is 1.39 bits per heavy atom. The van der Waals surface area contributed by atoms with Gasteiger partial charge in [0, 0.05) is 31.4 Å². The van der Waals surface area contributed by atoms with Crippen LogP contribution in [0.2, 0.25) is 0 Å². The first-order chi connectivity index (χ1) is 8.66. The van der Waals surface area contributed by atoms with Gasteiger partial charge in [0.05, 0.1) is 0 Å². The molecule has 5 heteroatoms. The highest BCUT2D eigenvalue weighted by Gasteiger charge is 2.20. The van der Waals surface area contributed by atoms with Crippen LogP contribution in [0.5, 0.6) is 0 Å². The molecule has 1 fully saturated rings. The highest BCUT2D eigenvalue weighted by molar-refractivity contribution is 4.83. The molecule has 0 saturated heterocycles. The lowest BCUT2D eigenvalue weighted by Crippen LogP contribution is -2.40. The van der Waals surface area contributed by atoms with E-state index in [9.17, 15) is 9.59 Å². The number of hydrogen-bond donors (Lipinski definition) is 2. The van der Waals surface area contributed by atoms with Gasteiger partial charge in [-0.25, -0.2) is 4.79 Å². The molecule has 0 amide bonds. The van der Waals surface area contributed by atoms with Crippen molar-refractivity contribution in [3.8, 4) is 0 Å². The van der Waals surface area contributed by atoms with E-state index in [0.717, 1.165) is 6.54 Å². The van der Waals surface area contributed by atoms with Crippen LogP contribution in [0.15, 0.2) is 21.9 Å². The Morgan fingerprint density at radius 3 is 2.89 bits per heavy atom. The lowest BCUT2D eigenvalue weighted by atomic mass is 9.86. The highest BCUT2D eigenvalue weighted by atomic mass is 16.2. The molecule has 5 nitrogen and oxygen atoms in total. The van der Waals surface area contributed by atoms with Crippen LogP contribution < -0.4 is 16.6 Å². The van der Waals surface area contributed by atoms with E-state index in [2.05, 4.69) is 17.2 Å². The number of aromatic nitrogens is 2. The van der Waals surface area contributed by atoms with E-state index < -0.39 is 0 Å². The van der Waals surface area contributed by atoms with Gasteiger partial charge in [-0.1, -0.05) is 19.8 Å². The van der Waals surface area contributed by atoms with Crippen LogP contribution >= 0.6 is 0 Å². The number of rotatable bonds is 4. The molecule has 1 saturated carbocycles. The first-order valence-electron chi connectivity index (χ1n) is 6.70. The highest BCUT2D eigenvalue weighted by Crippen LogP contribution is 2.23. The SMILES string of the molecule is CC1CCCCC1NCCn1ccc(=O)[nH]c1=O. The zero-order valence-electron chi connectivity index (χ0n) is 10.8. The summed E-state index contributed by atoms with van der Waals surface area (Å²) in [5.74, 6) is 0.714. The van der Waals surface area contributed by atoms with Crippen molar-refractivity contribution < 1.29 is 0 Å². The van der Waals surface area contributed by atoms with Gasteiger partial charge in [-0.05, 0) is 18.8 Å². The number of nitrogens with one attached hydrogen (secondary N) is 2.